The van der Waals surface area contributed by atoms with Crippen LogP contribution >= 0.6 is 0 Å². The van der Waals surface area contributed by atoms with Gasteiger partial charge in [-0.25, -0.2) is 5.48 Å². The van der Waals surface area contributed by atoms with Gasteiger partial charge in [-0.3, -0.25) is 9.63 Å². The van der Waals surface area contributed by atoms with Gasteiger partial charge in [0.15, 0.2) is 0 Å². The zero-order valence-corrected chi connectivity index (χ0v) is 8.17. The molecule has 0 spiro atoms. The molecule has 2 atom stereocenters. The van der Waals surface area contributed by atoms with Crippen molar-refractivity contribution in [2.75, 3.05) is 13.2 Å². The van der Waals surface area contributed by atoms with Gasteiger partial charge in [0.05, 0.1) is 25.0 Å². The molecule has 1 aromatic rings. The number of nitrogens with zero attached hydrogens (tertiary/aromatic N) is 3. The van der Waals surface area contributed by atoms with Gasteiger partial charge in [-0.2, -0.15) is 15.0 Å². The Morgan fingerprint density at radius 3 is 3.13 bits per heavy atom. The molecule has 2 heterocycles. The molecule has 1 amide bonds. The summed E-state index contributed by atoms with van der Waals surface area (Å²) in [5.74, 6) is 0. The summed E-state index contributed by atoms with van der Waals surface area (Å²) in [6, 6.07) is 0.498. The van der Waals surface area contributed by atoms with E-state index in [1.807, 2.05) is 0 Å². The van der Waals surface area contributed by atoms with Gasteiger partial charge in [0.1, 0.15) is 0 Å². The first-order valence-corrected chi connectivity index (χ1v) is 4.80. The highest BCUT2D eigenvalue weighted by Gasteiger charge is 2.26. The predicted octanol–water partition coefficient (Wildman–Crippen LogP) is -1.14. The maximum atomic E-state index is 9.95. The number of hydroxylamine groups is 1. The first-order valence-electron chi connectivity index (χ1n) is 4.80. The first-order chi connectivity index (χ1) is 7.40. The molecule has 2 unspecified atom stereocenters. The molecule has 1 fully saturated rings. The number of hydrogen-bond donors (Lipinski definition) is 2. The molecule has 1 saturated heterocycles. The quantitative estimate of drug-likeness (QED) is 0.365. The van der Waals surface area contributed by atoms with E-state index in [1.54, 1.807) is 17.2 Å². The summed E-state index contributed by atoms with van der Waals surface area (Å²) in [4.78, 5) is 16.5. The van der Waals surface area contributed by atoms with Crippen molar-refractivity contribution in [2.24, 2.45) is 0 Å². The monoisotopic (exact) mass is 211 g/mol. The molecule has 15 heavy (non-hydrogen) atoms. The van der Waals surface area contributed by atoms with Crippen molar-refractivity contribution in [3.05, 3.63) is 12.4 Å². The second kappa shape index (κ2) is 4.85. The molecule has 1 aromatic heterocycles. The van der Waals surface area contributed by atoms with Crippen molar-refractivity contribution >= 4 is 6.41 Å². The van der Waals surface area contributed by atoms with Crippen molar-refractivity contribution < 1.29 is 9.63 Å². The summed E-state index contributed by atoms with van der Waals surface area (Å²) < 4.78 is 0. The van der Waals surface area contributed by atoms with E-state index in [9.17, 15) is 4.79 Å². The molecule has 7 heteroatoms. The van der Waals surface area contributed by atoms with Gasteiger partial charge < -0.3 is 5.32 Å². The Labute approximate surface area is 86.7 Å². The highest BCUT2D eigenvalue weighted by atomic mass is 16.6. The minimum absolute atomic E-state index is 0.230. The SMILES string of the molecule is O=CNOCC1CC(n2nccn2)CN1. The zero-order valence-electron chi connectivity index (χ0n) is 8.17. The Hall–Kier alpha value is -1.47. The number of aromatic nitrogens is 3. The van der Waals surface area contributed by atoms with Gasteiger partial charge in [0, 0.05) is 12.6 Å². The van der Waals surface area contributed by atoms with Crippen LogP contribution in [0.4, 0.5) is 0 Å². The Kier molecular flexibility index (Phi) is 3.25. The number of amides is 1. The number of rotatable bonds is 5. The number of hydrogen-bond acceptors (Lipinski definition) is 5. The van der Waals surface area contributed by atoms with Crippen LogP contribution in [0.3, 0.4) is 0 Å². The summed E-state index contributed by atoms with van der Waals surface area (Å²) in [7, 11) is 0. The van der Waals surface area contributed by atoms with Gasteiger partial charge in [0.25, 0.3) is 0 Å². The molecule has 2 N–H and O–H groups in total. The van der Waals surface area contributed by atoms with Gasteiger partial charge in [0.2, 0.25) is 6.41 Å². The Morgan fingerprint density at radius 2 is 2.40 bits per heavy atom. The fourth-order valence-electron chi connectivity index (χ4n) is 1.70. The molecule has 0 aromatic carbocycles. The fourth-order valence-corrected chi connectivity index (χ4v) is 1.70. The average molecular weight is 211 g/mol. The molecule has 1 aliphatic heterocycles. The lowest BCUT2D eigenvalue weighted by Crippen LogP contribution is -2.29. The Balaban J connectivity index is 1.77. The van der Waals surface area contributed by atoms with Gasteiger partial charge >= 0.3 is 0 Å². The van der Waals surface area contributed by atoms with E-state index >= 15 is 0 Å². The summed E-state index contributed by atoms with van der Waals surface area (Å²) in [5, 5.41) is 11.4. The third-order valence-corrected chi connectivity index (χ3v) is 2.38. The van der Waals surface area contributed by atoms with Crippen LogP contribution in [-0.4, -0.2) is 40.6 Å². The molecule has 0 saturated carbocycles. The normalized spacial score (nSPS) is 25.3. The van der Waals surface area contributed by atoms with Gasteiger partial charge in [-0.15, -0.1) is 0 Å². The van der Waals surface area contributed by atoms with Crippen molar-refractivity contribution in [1.29, 1.82) is 0 Å². The second-order valence-electron chi connectivity index (χ2n) is 3.39. The number of carbonyl (C=O) groups is 1. The summed E-state index contributed by atoms with van der Waals surface area (Å²) in [6.07, 6.45) is 4.74. The van der Waals surface area contributed by atoms with E-state index in [1.165, 1.54) is 0 Å². The van der Waals surface area contributed by atoms with Crippen molar-refractivity contribution in [3.63, 3.8) is 0 Å². The van der Waals surface area contributed by atoms with Crippen LogP contribution in [-0.2, 0) is 9.63 Å². The molecule has 0 radical (unpaired) electrons. The minimum atomic E-state index is 0.230. The van der Waals surface area contributed by atoms with Crippen LogP contribution in [0, 0.1) is 0 Å². The van der Waals surface area contributed by atoms with E-state index < -0.39 is 0 Å². The van der Waals surface area contributed by atoms with E-state index in [4.69, 9.17) is 4.84 Å². The van der Waals surface area contributed by atoms with E-state index in [2.05, 4.69) is 21.0 Å². The van der Waals surface area contributed by atoms with Crippen LogP contribution in [0.25, 0.3) is 0 Å². The third kappa shape index (κ3) is 2.51. The fraction of sp³-hybridized carbons (Fsp3) is 0.625. The molecule has 7 nitrogen and oxygen atoms in total. The van der Waals surface area contributed by atoms with E-state index in [-0.39, 0.29) is 12.1 Å². The minimum Gasteiger partial charge on any atom is -0.309 e. The zero-order chi connectivity index (χ0) is 10.5. The summed E-state index contributed by atoms with van der Waals surface area (Å²) >= 11 is 0. The highest BCUT2D eigenvalue weighted by Crippen LogP contribution is 2.17. The average Bonchev–Trinajstić information content (AvgIpc) is 2.87. The molecular formula is C8H13N5O2. The van der Waals surface area contributed by atoms with E-state index in [0.717, 1.165) is 13.0 Å². The molecule has 1 aliphatic rings. The van der Waals surface area contributed by atoms with Crippen LogP contribution in [0.5, 0.6) is 0 Å². The highest BCUT2D eigenvalue weighted by molar-refractivity contribution is 5.43. The van der Waals surface area contributed by atoms with Crippen LogP contribution < -0.4 is 10.8 Å². The van der Waals surface area contributed by atoms with Crippen LogP contribution in [0.1, 0.15) is 12.5 Å². The van der Waals surface area contributed by atoms with Crippen LogP contribution in [0.15, 0.2) is 12.4 Å². The predicted molar refractivity (Wildman–Crippen MR) is 50.6 cm³/mol. The number of carbonyl (C=O) groups excluding carboxylic acids is 1. The maximum Gasteiger partial charge on any atom is 0.230 e. The lowest BCUT2D eigenvalue weighted by molar-refractivity contribution is -0.121. The second-order valence-corrected chi connectivity index (χ2v) is 3.39. The van der Waals surface area contributed by atoms with Crippen LogP contribution in [0.2, 0.25) is 0 Å². The Bertz CT molecular complexity index is 302. The van der Waals surface area contributed by atoms with E-state index in [0.29, 0.717) is 13.0 Å². The third-order valence-electron chi connectivity index (χ3n) is 2.38. The lowest BCUT2D eigenvalue weighted by Gasteiger charge is -2.09. The standard InChI is InChI=1S/C8H13N5O2/c14-6-12-15-5-7-3-8(4-9-7)13-10-1-2-11-13/h1-2,6-9H,3-5H2,(H,12,14). The lowest BCUT2D eigenvalue weighted by atomic mass is 10.2. The largest absolute Gasteiger partial charge is 0.309 e. The van der Waals surface area contributed by atoms with Crippen molar-refractivity contribution in [2.45, 2.75) is 18.5 Å². The van der Waals surface area contributed by atoms with Crippen molar-refractivity contribution in [1.82, 2.24) is 25.8 Å². The molecular weight excluding hydrogens is 198 g/mol. The summed E-state index contributed by atoms with van der Waals surface area (Å²) in [5.41, 5.74) is 2.17. The molecule has 2 rings (SSSR count). The molecule has 0 bridgehead atoms. The smallest absolute Gasteiger partial charge is 0.230 e. The topological polar surface area (TPSA) is 81.1 Å². The molecule has 82 valence electrons. The summed E-state index contributed by atoms with van der Waals surface area (Å²) in [6.45, 7) is 1.28. The van der Waals surface area contributed by atoms with Crippen molar-refractivity contribution in [3.8, 4) is 0 Å². The first kappa shape index (κ1) is 10.1. The van der Waals surface area contributed by atoms with Gasteiger partial charge in [-0.05, 0) is 6.42 Å². The molecule has 0 aliphatic carbocycles. The number of nitrogens with one attached hydrogen (secondary N) is 2. The maximum absolute atomic E-state index is 9.95. The Morgan fingerprint density at radius 1 is 1.60 bits per heavy atom. The van der Waals surface area contributed by atoms with Gasteiger partial charge in [-0.1, -0.05) is 0 Å².